The molecule has 0 bridgehead atoms. The van der Waals surface area contributed by atoms with E-state index in [1.54, 1.807) is 25.4 Å². The minimum atomic E-state index is -0.936. The molecule has 2 heterocycles. The van der Waals surface area contributed by atoms with Gasteiger partial charge in [-0.05, 0) is 49.2 Å². The van der Waals surface area contributed by atoms with Crippen LogP contribution in [0.25, 0.3) is 21.8 Å². The third kappa shape index (κ3) is 3.71. The molecular weight excluding hydrogens is 408 g/mol. The Balaban J connectivity index is 0.000000171. The zero-order valence-corrected chi connectivity index (χ0v) is 17.7. The smallest absolute Gasteiger partial charge is 0.339 e. The zero-order chi connectivity index (χ0) is 22.0. The number of aromatic carboxylic acids is 1. The molecule has 0 spiro atoms. The molecule has 0 aliphatic rings. The van der Waals surface area contributed by atoms with E-state index in [0.29, 0.717) is 16.3 Å². The molecule has 4 rings (SSSR count). The van der Waals surface area contributed by atoms with Gasteiger partial charge in [-0.3, -0.25) is 0 Å². The molecule has 3 N–H and O–H groups in total. The van der Waals surface area contributed by atoms with Crippen LogP contribution in [0.4, 0.5) is 0 Å². The molecule has 4 aromatic rings. The molecule has 2 aromatic carbocycles. The van der Waals surface area contributed by atoms with Crippen LogP contribution in [0.3, 0.4) is 0 Å². The maximum atomic E-state index is 11.4. The van der Waals surface area contributed by atoms with Crippen LogP contribution in [-0.2, 0) is 4.74 Å². The van der Waals surface area contributed by atoms with Crippen LogP contribution in [0.5, 0.6) is 5.75 Å². The molecular formula is C22H21ClN2O5. The highest BCUT2D eigenvalue weighted by Crippen LogP contribution is 2.31. The number of nitrogens with one attached hydrogen (secondary N) is 2. The van der Waals surface area contributed by atoms with Crippen molar-refractivity contribution in [1.82, 2.24) is 9.97 Å². The van der Waals surface area contributed by atoms with Gasteiger partial charge in [0.25, 0.3) is 0 Å². The first-order valence-corrected chi connectivity index (χ1v) is 9.40. The number of aryl methyl sites for hydroxylation is 2. The minimum Gasteiger partial charge on any atom is -0.495 e. The van der Waals surface area contributed by atoms with Crippen molar-refractivity contribution < 1.29 is 24.2 Å². The molecule has 0 saturated heterocycles. The second-order valence-corrected chi connectivity index (χ2v) is 7.01. The van der Waals surface area contributed by atoms with E-state index >= 15 is 0 Å². The fourth-order valence-electron chi connectivity index (χ4n) is 3.36. The van der Waals surface area contributed by atoms with Crippen molar-refractivity contribution in [3.63, 3.8) is 0 Å². The summed E-state index contributed by atoms with van der Waals surface area (Å²) in [5.41, 5.74) is 4.19. The van der Waals surface area contributed by atoms with Crippen LogP contribution in [0.2, 0.25) is 5.02 Å². The maximum Gasteiger partial charge on any atom is 0.339 e. The van der Waals surface area contributed by atoms with Gasteiger partial charge in [0.05, 0.1) is 35.9 Å². The number of methoxy groups -OCH3 is 2. The molecule has 0 unspecified atom stereocenters. The molecule has 0 aliphatic carbocycles. The van der Waals surface area contributed by atoms with Crippen molar-refractivity contribution in [3.05, 3.63) is 63.9 Å². The van der Waals surface area contributed by atoms with Gasteiger partial charge in [-0.15, -0.1) is 0 Å². The van der Waals surface area contributed by atoms with E-state index < -0.39 is 11.9 Å². The number of halogens is 1. The Morgan fingerprint density at radius 1 is 0.967 bits per heavy atom. The average Bonchev–Trinajstić information content (AvgIpc) is 3.41. The number of carbonyl (C=O) groups is 2. The van der Waals surface area contributed by atoms with Gasteiger partial charge in [0, 0.05) is 28.7 Å². The normalized spacial score (nSPS) is 10.6. The van der Waals surface area contributed by atoms with Crippen LogP contribution < -0.4 is 4.74 Å². The SMILES string of the molecule is COC(=O)c1cc(C)c2[nH]ccc2c1Cl.COc1cc(C(=O)O)c(C)c2cc[nH]c12. The van der Waals surface area contributed by atoms with Crippen molar-refractivity contribution in [3.8, 4) is 5.75 Å². The third-order valence-corrected chi connectivity index (χ3v) is 5.31. The first-order chi connectivity index (χ1) is 14.3. The number of carbonyl (C=O) groups excluding carboxylic acids is 1. The predicted molar refractivity (Wildman–Crippen MR) is 116 cm³/mol. The number of fused-ring (bicyclic) bond motifs is 2. The van der Waals surface area contributed by atoms with Gasteiger partial charge in [-0.25, -0.2) is 9.59 Å². The molecule has 156 valence electrons. The molecule has 0 aliphatic heterocycles. The Kier molecular flexibility index (Phi) is 6.03. The van der Waals surface area contributed by atoms with Crippen LogP contribution >= 0.6 is 11.6 Å². The first-order valence-electron chi connectivity index (χ1n) is 9.02. The number of carboxylic acids is 1. The number of esters is 1. The number of benzene rings is 2. The van der Waals surface area contributed by atoms with E-state index in [4.69, 9.17) is 21.4 Å². The molecule has 30 heavy (non-hydrogen) atoms. The summed E-state index contributed by atoms with van der Waals surface area (Å²) in [5.74, 6) is -0.793. The Morgan fingerprint density at radius 3 is 2.20 bits per heavy atom. The molecule has 0 saturated carbocycles. The van der Waals surface area contributed by atoms with Crippen molar-refractivity contribution >= 4 is 45.3 Å². The highest BCUT2D eigenvalue weighted by Gasteiger charge is 2.16. The molecule has 0 fully saturated rings. The predicted octanol–water partition coefficient (Wildman–Crippen LogP) is 5.10. The monoisotopic (exact) mass is 428 g/mol. The molecule has 7 nitrogen and oxygen atoms in total. The highest BCUT2D eigenvalue weighted by molar-refractivity contribution is 6.38. The number of ether oxygens (including phenoxy) is 2. The standard InChI is InChI=1S/C11H10ClNO2.C11H11NO3/c1-6-5-8(11(14)15-2)9(12)7-3-4-13-10(6)7;1-6-7-3-4-12-10(7)9(15-2)5-8(6)11(13)14/h3-5,13H,1-2H3;3-5,12H,1-2H3,(H,13,14). The largest absolute Gasteiger partial charge is 0.495 e. The number of aromatic nitrogens is 2. The van der Waals surface area contributed by atoms with Crippen molar-refractivity contribution in [2.75, 3.05) is 14.2 Å². The lowest BCUT2D eigenvalue weighted by atomic mass is 10.0. The summed E-state index contributed by atoms with van der Waals surface area (Å²) in [5, 5.41) is 11.2. The van der Waals surface area contributed by atoms with Gasteiger partial charge in [0.1, 0.15) is 5.75 Å². The van der Waals surface area contributed by atoms with Gasteiger partial charge < -0.3 is 24.5 Å². The third-order valence-electron chi connectivity index (χ3n) is 4.91. The van der Waals surface area contributed by atoms with Crippen LogP contribution in [0.1, 0.15) is 31.8 Å². The van der Waals surface area contributed by atoms with Crippen molar-refractivity contribution in [2.45, 2.75) is 13.8 Å². The van der Waals surface area contributed by atoms with E-state index in [9.17, 15) is 9.59 Å². The summed E-state index contributed by atoms with van der Waals surface area (Å²) in [4.78, 5) is 28.5. The fourth-order valence-corrected chi connectivity index (χ4v) is 3.65. The number of rotatable bonds is 3. The summed E-state index contributed by atoms with van der Waals surface area (Å²) in [6, 6.07) is 6.96. The number of H-pyrrole nitrogens is 2. The average molecular weight is 429 g/mol. The summed E-state index contributed by atoms with van der Waals surface area (Å²) in [7, 11) is 2.87. The number of hydrogen-bond donors (Lipinski definition) is 3. The number of hydrogen-bond acceptors (Lipinski definition) is 4. The van der Waals surface area contributed by atoms with E-state index in [2.05, 4.69) is 14.7 Å². The minimum absolute atomic E-state index is 0.277. The van der Waals surface area contributed by atoms with Crippen LogP contribution in [-0.4, -0.2) is 41.2 Å². The Bertz CT molecular complexity index is 1260. The number of carboxylic acid groups (broad SMARTS) is 1. The van der Waals surface area contributed by atoms with E-state index in [1.807, 2.05) is 19.1 Å². The fraction of sp³-hybridized carbons (Fsp3) is 0.182. The van der Waals surface area contributed by atoms with Gasteiger partial charge >= 0.3 is 11.9 Å². The van der Waals surface area contributed by atoms with E-state index in [1.165, 1.54) is 20.3 Å². The molecule has 0 radical (unpaired) electrons. The second-order valence-electron chi connectivity index (χ2n) is 6.64. The van der Waals surface area contributed by atoms with Gasteiger partial charge in [0.15, 0.2) is 0 Å². The van der Waals surface area contributed by atoms with E-state index in [-0.39, 0.29) is 5.56 Å². The molecule has 0 amide bonds. The topological polar surface area (TPSA) is 104 Å². The van der Waals surface area contributed by atoms with Crippen molar-refractivity contribution in [1.29, 1.82) is 0 Å². The summed E-state index contributed by atoms with van der Waals surface area (Å²) < 4.78 is 9.80. The number of aromatic amines is 2. The lowest BCUT2D eigenvalue weighted by molar-refractivity contribution is 0.0600. The molecule has 2 aromatic heterocycles. The molecule has 8 heteroatoms. The van der Waals surface area contributed by atoms with Crippen molar-refractivity contribution in [2.24, 2.45) is 0 Å². The van der Waals surface area contributed by atoms with E-state index in [0.717, 1.165) is 32.9 Å². The highest BCUT2D eigenvalue weighted by atomic mass is 35.5. The lowest BCUT2D eigenvalue weighted by Crippen LogP contribution is -2.02. The Labute approximate surface area is 177 Å². The first kappa shape index (κ1) is 21.3. The van der Waals surface area contributed by atoms with Crippen LogP contribution in [0.15, 0.2) is 36.7 Å². The summed E-state index contributed by atoms with van der Waals surface area (Å²) in [6.07, 6.45) is 3.57. The summed E-state index contributed by atoms with van der Waals surface area (Å²) in [6.45, 7) is 3.71. The summed E-state index contributed by atoms with van der Waals surface area (Å²) >= 11 is 6.11. The lowest BCUT2D eigenvalue weighted by Gasteiger charge is -2.07. The van der Waals surface area contributed by atoms with Gasteiger partial charge in [0.2, 0.25) is 0 Å². The second kappa shape index (κ2) is 8.51. The zero-order valence-electron chi connectivity index (χ0n) is 16.9. The maximum absolute atomic E-state index is 11.4. The van der Waals surface area contributed by atoms with Gasteiger partial charge in [-0.2, -0.15) is 0 Å². The quantitative estimate of drug-likeness (QED) is 0.394. The Morgan fingerprint density at radius 2 is 1.60 bits per heavy atom. The molecule has 0 atom stereocenters. The Hall–Kier alpha value is -3.45. The van der Waals surface area contributed by atoms with Gasteiger partial charge in [-0.1, -0.05) is 11.6 Å². The van der Waals surface area contributed by atoms with Crippen LogP contribution in [0, 0.1) is 13.8 Å².